The number of carbonyl (C=O) groups is 2. The van der Waals surface area contributed by atoms with Gasteiger partial charge in [-0.2, -0.15) is 0 Å². The van der Waals surface area contributed by atoms with E-state index >= 15 is 0 Å². The SMILES string of the molecule is CC.CCC/C=C(C)/C=C(/Cl)CCCC.CNc1cc(C)cc(C=NC2CC2)c1N.Cc1nc(C(CNC=O)C2CC2)cc2c1OCC2C.NC=O. The minimum Gasteiger partial charge on any atom is -0.491 e. The van der Waals surface area contributed by atoms with Gasteiger partial charge >= 0.3 is 0 Å². The summed E-state index contributed by atoms with van der Waals surface area (Å²) in [5.74, 6) is 2.43. The van der Waals surface area contributed by atoms with E-state index < -0.39 is 0 Å². The highest BCUT2D eigenvalue weighted by Gasteiger charge is 2.34. The van der Waals surface area contributed by atoms with E-state index in [0.717, 1.165) is 65.0 Å². The molecule has 290 valence electrons. The molecule has 2 fully saturated rings. The number of anilines is 2. The molecule has 1 aromatic heterocycles. The molecule has 2 amide bonds. The number of fused-ring (bicyclic) bond motifs is 1. The lowest BCUT2D eigenvalue weighted by Gasteiger charge is -2.17. The molecule has 0 saturated heterocycles. The van der Waals surface area contributed by atoms with Crippen LogP contribution in [0.4, 0.5) is 11.4 Å². The third-order valence-corrected chi connectivity index (χ3v) is 9.00. The van der Waals surface area contributed by atoms with Crippen molar-refractivity contribution < 1.29 is 14.3 Å². The number of pyridine rings is 1. The highest BCUT2D eigenvalue weighted by Crippen LogP contribution is 2.44. The zero-order valence-corrected chi connectivity index (χ0v) is 34.1. The predicted molar refractivity (Wildman–Crippen MR) is 222 cm³/mol. The minimum atomic E-state index is 0.250. The topological polar surface area (TPSA) is 145 Å². The van der Waals surface area contributed by atoms with Gasteiger partial charge in [0, 0.05) is 53.5 Å². The fraction of sp³-hybridized carbons (Fsp3) is 0.571. The van der Waals surface area contributed by atoms with E-state index in [2.05, 4.69) is 80.3 Å². The first-order valence-corrected chi connectivity index (χ1v) is 19.5. The maximum Gasteiger partial charge on any atom is 0.207 e. The summed E-state index contributed by atoms with van der Waals surface area (Å²) in [6.07, 6.45) is 18.0. The number of hydrogen-bond donors (Lipinski definition) is 4. The Balaban J connectivity index is 0.000000374. The number of ether oxygens (including phenoxy) is 1. The fourth-order valence-electron chi connectivity index (χ4n) is 5.58. The lowest BCUT2D eigenvalue weighted by atomic mass is 9.94. The van der Waals surface area contributed by atoms with Crippen molar-refractivity contribution in [1.82, 2.24) is 10.3 Å². The molecule has 2 saturated carbocycles. The van der Waals surface area contributed by atoms with Crippen LogP contribution in [0.15, 0.2) is 45.9 Å². The molecule has 2 aliphatic carbocycles. The van der Waals surface area contributed by atoms with Gasteiger partial charge < -0.3 is 26.8 Å². The summed E-state index contributed by atoms with van der Waals surface area (Å²) >= 11 is 6.05. The standard InChI is InChI=1S/C15H20N2O2.C12H21Cl.C12H17N3.C2H6.CH3NO/c1-9-7-19-15-10(2)17-14(5-12(9)15)13(6-16-8-18)11-3-4-11;1-4-6-8-11(3)10-12(13)9-7-5-2;1-8-5-9(7-15-10-3-4-10)12(13)11(6-8)14-2;1-2;2-1-3/h5,8-9,11,13H,3-4,6-7H2,1-2H3,(H,16,18);8,10H,4-7,9H2,1-3H3;5-7,10,14H,3-4,13H2,1-2H3;1-2H3;1H,(H2,2,3)/b;11-8+,12-10+;;;. The average Bonchev–Trinajstić information content (AvgIpc) is 4.08. The molecule has 5 rings (SSSR count). The van der Waals surface area contributed by atoms with Gasteiger partial charge in [0.25, 0.3) is 0 Å². The number of nitrogen functional groups attached to an aromatic ring is 1. The number of benzene rings is 1. The average molecular weight is 739 g/mol. The Morgan fingerprint density at radius 1 is 1.12 bits per heavy atom. The number of allylic oxidation sites excluding steroid dienone is 4. The molecule has 2 heterocycles. The van der Waals surface area contributed by atoms with Crippen LogP contribution < -0.4 is 26.8 Å². The van der Waals surface area contributed by atoms with Crippen LogP contribution in [-0.4, -0.2) is 50.3 Å². The van der Waals surface area contributed by atoms with E-state index in [4.69, 9.17) is 31.8 Å². The lowest BCUT2D eigenvalue weighted by Crippen LogP contribution is -2.22. The van der Waals surface area contributed by atoms with Crippen molar-refractivity contribution in [3.63, 3.8) is 0 Å². The Bertz CT molecular complexity index is 1450. The van der Waals surface area contributed by atoms with Gasteiger partial charge in [0.05, 0.1) is 29.7 Å². The molecule has 1 aliphatic heterocycles. The number of carbonyl (C=O) groups excluding carboxylic acids is 2. The maximum absolute atomic E-state index is 10.5. The summed E-state index contributed by atoms with van der Waals surface area (Å²) in [6, 6.07) is 6.85. The second kappa shape index (κ2) is 26.0. The first-order chi connectivity index (χ1) is 25.0. The van der Waals surface area contributed by atoms with Gasteiger partial charge in [-0.15, -0.1) is 0 Å². The Morgan fingerprint density at radius 3 is 2.35 bits per heavy atom. The number of primary amides is 1. The molecular formula is C42H67ClN6O3. The number of hydrogen-bond acceptors (Lipinski definition) is 7. The van der Waals surface area contributed by atoms with Crippen LogP contribution in [0.5, 0.6) is 5.75 Å². The van der Waals surface area contributed by atoms with Crippen molar-refractivity contribution in [1.29, 1.82) is 0 Å². The summed E-state index contributed by atoms with van der Waals surface area (Å²) in [4.78, 5) is 28.3. The van der Waals surface area contributed by atoms with Crippen LogP contribution >= 0.6 is 11.6 Å². The van der Waals surface area contributed by atoms with E-state index in [9.17, 15) is 4.79 Å². The molecule has 0 radical (unpaired) electrons. The largest absolute Gasteiger partial charge is 0.491 e. The molecule has 52 heavy (non-hydrogen) atoms. The van der Waals surface area contributed by atoms with Crippen LogP contribution in [-0.2, 0) is 9.59 Å². The molecule has 9 nitrogen and oxygen atoms in total. The monoisotopic (exact) mass is 738 g/mol. The van der Waals surface area contributed by atoms with Crippen LogP contribution in [0.25, 0.3) is 0 Å². The van der Waals surface area contributed by atoms with Crippen molar-refractivity contribution in [3.8, 4) is 5.75 Å². The normalized spacial score (nSPS) is 16.5. The number of unbranched alkanes of at least 4 members (excludes halogenated alkanes) is 2. The Hall–Kier alpha value is -3.85. The Labute approximate surface area is 319 Å². The summed E-state index contributed by atoms with van der Waals surface area (Å²) in [7, 11) is 1.88. The molecule has 2 atom stereocenters. The van der Waals surface area contributed by atoms with Gasteiger partial charge in [-0.1, -0.05) is 70.7 Å². The summed E-state index contributed by atoms with van der Waals surface area (Å²) in [5, 5.41) is 6.90. The molecule has 2 unspecified atom stereocenters. The smallest absolute Gasteiger partial charge is 0.207 e. The second-order valence-corrected chi connectivity index (χ2v) is 13.9. The van der Waals surface area contributed by atoms with Crippen LogP contribution in [0.2, 0.25) is 0 Å². The van der Waals surface area contributed by atoms with Crippen molar-refractivity contribution in [2.45, 2.75) is 131 Å². The first-order valence-electron chi connectivity index (χ1n) is 19.1. The second-order valence-electron chi connectivity index (χ2n) is 13.4. The summed E-state index contributed by atoms with van der Waals surface area (Å²) in [5.41, 5.74) is 18.8. The third kappa shape index (κ3) is 17.1. The number of halogens is 1. The Morgan fingerprint density at radius 2 is 1.79 bits per heavy atom. The van der Waals surface area contributed by atoms with Gasteiger partial charge in [0.2, 0.25) is 12.8 Å². The molecule has 6 N–H and O–H groups in total. The fourth-order valence-corrected chi connectivity index (χ4v) is 5.89. The van der Waals surface area contributed by atoms with Crippen molar-refractivity contribution in [2.24, 2.45) is 16.6 Å². The van der Waals surface area contributed by atoms with Crippen molar-refractivity contribution >= 4 is 42.0 Å². The minimum absolute atomic E-state index is 0.250. The molecule has 1 aromatic carbocycles. The number of aryl methyl sites for hydroxylation is 2. The van der Waals surface area contributed by atoms with Crippen LogP contribution in [0, 0.1) is 19.8 Å². The van der Waals surface area contributed by atoms with Crippen LogP contribution in [0.3, 0.4) is 0 Å². The van der Waals surface area contributed by atoms with E-state index in [1.54, 1.807) is 0 Å². The maximum atomic E-state index is 10.5. The highest BCUT2D eigenvalue weighted by molar-refractivity contribution is 6.29. The lowest BCUT2D eigenvalue weighted by molar-refractivity contribution is -0.109. The number of nitrogens with zero attached hydrogens (tertiary/aromatic N) is 2. The molecule has 2 aromatic rings. The van der Waals surface area contributed by atoms with Gasteiger partial charge in [-0.3, -0.25) is 19.6 Å². The van der Waals surface area contributed by atoms with Gasteiger partial charge in [-0.25, -0.2) is 0 Å². The quantitative estimate of drug-likeness (QED) is 0.0658. The summed E-state index contributed by atoms with van der Waals surface area (Å²) in [6.45, 7) is 18.2. The molecule has 10 heteroatoms. The number of nitrogens with one attached hydrogen (secondary N) is 2. The molecule has 0 bridgehead atoms. The number of nitrogens with two attached hydrogens (primary N) is 2. The zero-order valence-electron chi connectivity index (χ0n) is 33.4. The van der Waals surface area contributed by atoms with Gasteiger partial charge in [0.1, 0.15) is 5.75 Å². The van der Waals surface area contributed by atoms with Crippen molar-refractivity contribution in [2.75, 3.05) is 31.2 Å². The molecule has 3 aliphatic rings. The predicted octanol–water partition coefficient (Wildman–Crippen LogP) is 9.50. The van der Waals surface area contributed by atoms with E-state index in [1.165, 1.54) is 61.6 Å². The van der Waals surface area contributed by atoms with E-state index in [-0.39, 0.29) is 6.41 Å². The Kier molecular flexibility index (Phi) is 23.1. The van der Waals surface area contributed by atoms with Gasteiger partial charge in [0.15, 0.2) is 0 Å². The number of aliphatic imine (C=N–C) groups is 1. The first kappa shape index (κ1) is 46.2. The molecule has 0 spiro atoms. The van der Waals surface area contributed by atoms with Gasteiger partial charge in [-0.05, 0) is 101 Å². The highest BCUT2D eigenvalue weighted by atomic mass is 35.5. The summed E-state index contributed by atoms with van der Waals surface area (Å²) < 4.78 is 5.70. The molecular weight excluding hydrogens is 672 g/mol. The van der Waals surface area contributed by atoms with E-state index in [1.807, 2.05) is 40.1 Å². The van der Waals surface area contributed by atoms with Crippen molar-refractivity contribution in [3.05, 3.63) is 69.0 Å². The number of amides is 2. The number of rotatable bonds is 14. The third-order valence-electron chi connectivity index (χ3n) is 8.70. The zero-order chi connectivity index (χ0) is 39.1. The number of aromatic nitrogens is 1. The van der Waals surface area contributed by atoms with Crippen LogP contribution in [0.1, 0.15) is 139 Å². The van der Waals surface area contributed by atoms with E-state index in [0.29, 0.717) is 30.3 Å².